The van der Waals surface area contributed by atoms with Gasteiger partial charge in [0.15, 0.2) is 6.20 Å². The van der Waals surface area contributed by atoms with E-state index in [2.05, 4.69) is 10.7 Å². The van der Waals surface area contributed by atoms with Crippen LogP contribution in [0.1, 0.15) is 18.9 Å². The molecule has 0 radical (unpaired) electrons. The number of nitrogens with zero attached hydrogens (tertiary/aromatic N) is 2. The zero-order valence-electron chi connectivity index (χ0n) is 14.5. The Bertz CT molecular complexity index is 877. The maximum atomic E-state index is 12.9. The number of rotatable bonds is 6. The number of hydrogen-bond acceptors (Lipinski definition) is 5. The lowest BCUT2D eigenvalue weighted by atomic mass is 9.87. The Hall–Kier alpha value is -3.07. The van der Waals surface area contributed by atoms with Gasteiger partial charge in [-0.25, -0.2) is 4.79 Å². The Labute approximate surface area is 160 Å². The summed E-state index contributed by atoms with van der Waals surface area (Å²) in [6.45, 7) is 1.79. The third kappa shape index (κ3) is 3.59. The smallest absolute Gasteiger partial charge is 0.344 e. The van der Waals surface area contributed by atoms with E-state index in [-0.39, 0.29) is 5.75 Å². The maximum absolute atomic E-state index is 12.9. The topological polar surface area (TPSA) is 105 Å². The van der Waals surface area contributed by atoms with Crippen molar-refractivity contribution in [1.29, 1.82) is 0 Å². The molecule has 3 rings (SSSR count). The van der Waals surface area contributed by atoms with Crippen LogP contribution in [-0.2, 0) is 15.1 Å². The molecule has 2 N–H and O–H groups in total. The fraction of sp³-hybridized carbons (Fsp3) is 0.222. The number of aromatic nitrogens is 1. The number of hydrogen-bond donors (Lipinski definition) is 2. The normalized spacial score (nSPS) is 19.1. The van der Waals surface area contributed by atoms with E-state index in [1.165, 1.54) is 6.20 Å². The lowest BCUT2D eigenvalue weighted by Crippen LogP contribution is -2.49. The lowest BCUT2D eigenvalue weighted by Gasteiger charge is -2.25. The third-order valence-electron chi connectivity index (χ3n) is 4.26. The highest BCUT2D eigenvalue weighted by Gasteiger charge is 2.52. The molecule has 4 amide bonds. The highest BCUT2D eigenvalue weighted by Crippen LogP contribution is 2.31. The molecule has 1 aromatic carbocycles. The minimum atomic E-state index is -1.21. The molecule has 8 nitrogen and oxygen atoms in total. The summed E-state index contributed by atoms with van der Waals surface area (Å²) in [5, 5.41) is 15.3. The van der Waals surface area contributed by atoms with Crippen LogP contribution in [0.15, 0.2) is 59.8 Å². The average molecular weight is 386 g/mol. The van der Waals surface area contributed by atoms with Crippen LogP contribution in [0.3, 0.4) is 0 Å². The van der Waals surface area contributed by atoms with Gasteiger partial charge in [0.25, 0.3) is 10.9 Å². The Morgan fingerprint density at radius 2 is 1.93 bits per heavy atom. The largest absolute Gasteiger partial charge is 0.618 e. The van der Waals surface area contributed by atoms with Gasteiger partial charge in [0, 0.05) is 12.1 Å². The number of hydrazine groups is 1. The minimum absolute atomic E-state index is 0.117. The first-order chi connectivity index (χ1) is 13.0. The Balaban J connectivity index is 1.70. The zero-order chi connectivity index (χ0) is 19.4. The summed E-state index contributed by atoms with van der Waals surface area (Å²) in [7, 11) is 0. The second-order valence-electron chi connectivity index (χ2n) is 5.88. The summed E-state index contributed by atoms with van der Waals surface area (Å²) in [5.41, 5.74) is 1.76. The Morgan fingerprint density at radius 3 is 2.59 bits per heavy atom. The van der Waals surface area contributed by atoms with E-state index in [9.17, 15) is 19.6 Å². The van der Waals surface area contributed by atoms with Gasteiger partial charge in [0.2, 0.25) is 5.91 Å². The molecule has 1 aliphatic rings. The van der Waals surface area contributed by atoms with Gasteiger partial charge in [-0.1, -0.05) is 37.3 Å². The van der Waals surface area contributed by atoms with Crippen molar-refractivity contribution in [3.05, 3.63) is 65.5 Å². The SMILES string of the molecule is CC[C@]1(c2ccccc2)NC(=O)N(NC(=O)CSc2cccc[n+]2[O-])C1=O. The van der Waals surface area contributed by atoms with Crippen molar-refractivity contribution in [2.45, 2.75) is 23.9 Å². The molecule has 0 aliphatic carbocycles. The first-order valence-electron chi connectivity index (χ1n) is 8.30. The van der Waals surface area contributed by atoms with Crippen molar-refractivity contribution in [3.8, 4) is 0 Å². The molecule has 1 fully saturated rings. The number of benzene rings is 1. The molecule has 1 saturated heterocycles. The zero-order valence-corrected chi connectivity index (χ0v) is 15.4. The standard InChI is InChI=1S/C18H18N4O4S/c1-2-18(13-8-4-3-5-9-13)16(24)22(17(25)19-18)20-14(23)12-27-15-10-6-7-11-21(15)26/h3-11H,2,12H2,1H3,(H,19,25)(H,20,23)/t18-/m1/s1. The molecule has 2 heterocycles. The van der Waals surface area contributed by atoms with Gasteiger partial charge in [-0.2, -0.15) is 9.74 Å². The van der Waals surface area contributed by atoms with E-state index in [0.29, 0.717) is 26.7 Å². The molecule has 9 heteroatoms. The number of pyridine rings is 1. The number of urea groups is 1. The van der Waals surface area contributed by atoms with Gasteiger partial charge < -0.3 is 10.5 Å². The highest BCUT2D eigenvalue weighted by atomic mass is 32.2. The number of thioether (sulfide) groups is 1. The van der Waals surface area contributed by atoms with Crippen LogP contribution in [0.2, 0.25) is 0 Å². The number of carbonyl (C=O) groups excluding carboxylic acids is 3. The van der Waals surface area contributed by atoms with Crippen molar-refractivity contribution in [3.63, 3.8) is 0 Å². The van der Waals surface area contributed by atoms with Crippen LogP contribution < -0.4 is 15.5 Å². The molecule has 0 unspecified atom stereocenters. The quantitative estimate of drug-likeness (QED) is 0.337. The highest BCUT2D eigenvalue weighted by molar-refractivity contribution is 7.99. The molecule has 140 valence electrons. The molecule has 1 aromatic heterocycles. The first kappa shape index (κ1) is 18.7. The molecule has 0 bridgehead atoms. The molecule has 0 saturated carbocycles. The van der Waals surface area contributed by atoms with Gasteiger partial charge in [-0.15, -0.1) is 0 Å². The van der Waals surface area contributed by atoms with Crippen LogP contribution in [0.25, 0.3) is 0 Å². The van der Waals surface area contributed by atoms with Crippen molar-refractivity contribution in [2.24, 2.45) is 0 Å². The lowest BCUT2D eigenvalue weighted by molar-refractivity contribution is -0.645. The molecule has 1 aliphatic heterocycles. The molecular weight excluding hydrogens is 368 g/mol. The molecule has 1 atom stereocenters. The second kappa shape index (κ2) is 7.67. The van der Waals surface area contributed by atoms with Gasteiger partial charge in [0.1, 0.15) is 5.54 Å². The first-order valence-corrected chi connectivity index (χ1v) is 9.29. The van der Waals surface area contributed by atoms with E-state index < -0.39 is 23.4 Å². The Morgan fingerprint density at radius 1 is 1.22 bits per heavy atom. The van der Waals surface area contributed by atoms with Crippen LogP contribution in [0, 0.1) is 5.21 Å². The monoisotopic (exact) mass is 386 g/mol. The number of amides is 4. The molecular formula is C18H18N4O4S. The summed E-state index contributed by atoms with van der Waals surface area (Å²) in [6.07, 6.45) is 1.66. The summed E-state index contributed by atoms with van der Waals surface area (Å²) < 4.78 is 0.642. The molecule has 2 aromatic rings. The van der Waals surface area contributed by atoms with E-state index >= 15 is 0 Å². The van der Waals surface area contributed by atoms with Gasteiger partial charge in [0.05, 0.1) is 5.75 Å². The van der Waals surface area contributed by atoms with Crippen LogP contribution in [0.5, 0.6) is 0 Å². The van der Waals surface area contributed by atoms with Crippen molar-refractivity contribution >= 4 is 29.6 Å². The molecule has 0 spiro atoms. The summed E-state index contributed by atoms with van der Waals surface area (Å²) in [6, 6.07) is 13.0. The average Bonchev–Trinajstić information content (AvgIpc) is 2.93. The van der Waals surface area contributed by atoms with Gasteiger partial charge in [-0.05, 0) is 29.8 Å². The van der Waals surface area contributed by atoms with Crippen molar-refractivity contribution in [2.75, 3.05) is 5.75 Å². The molecule has 27 heavy (non-hydrogen) atoms. The summed E-state index contributed by atoms with van der Waals surface area (Å²) >= 11 is 1.01. The fourth-order valence-corrected chi connectivity index (χ4v) is 3.57. The summed E-state index contributed by atoms with van der Waals surface area (Å²) in [5.74, 6) is -1.22. The predicted molar refractivity (Wildman–Crippen MR) is 98.1 cm³/mol. The van der Waals surface area contributed by atoms with Crippen LogP contribution >= 0.6 is 11.8 Å². The fourth-order valence-electron chi connectivity index (χ4n) is 2.86. The predicted octanol–water partition coefficient (Wildman–Crippen LogP) is 1.30. The maximum Gasteiger partial charge on any atom is 0.344 e. The minimum Gasteiger partial charge on any atom is -0.618 e. The summed E-state index contributed by atoms with van der Waals surface area (Å²) in [4.78, 5) is 37.4. The van der Waals surface area contributed by atoms with E-state index in [0.717, 1.165) is 11.8 Å². The van der Waals surface area contributed by atoms with Crippen molar-refractivity contribution in [1.82, 2.24) is 15.8 Å². The van der Waals surface area contributed by atoms with Gasteiger partial charge >= 0.3 is 6.03 Å². The van der Waals surface area contributed by atoms with Gasteiger partial charge in [-0.3, -0.25) is 15.0 Å². The van der Waals surface area contributed by atoms with Crippen LogP contribution in [0.4, 0.5) is 4.79 Å². The number of imide groups is 1. The number of nitrogens with one attached hydrogen (secondary N) is 2. The van der Waals surface area contributed by atoms with E-state index in [1.54, 1.807) is 49.4 Å². The number of carbonyl (C=O) groups is 3. The Kier molecular flexibility index (Phi) is 5.31. The second-order valence-corrected chi connectivity index (χ2v) is 6.88. The van der Waals surface area contributed by atoms with Crippen LogP contribution in [-0.4, -0.2) is 28.6 Å². The van der Waals surface area contributed by atoms with E-state index in [4.69, 9.17) is 0 Å². The van der Waals surface area contributed by atoms with E-state index in [1.807, 2.05) is 6.07 Å². The third-order valence-corrected chi connectivity index (χ3v) is 5.28. The van der Waals surface area contributed by atoms with Crippen molar-refractivity contribution < 1.29 is 19.1 Å².